The minimum Gasteiger partial charge on any atom is -0.459 e. The molecule has 4 aliphatic rings. The molecule has 2 unspecified atom stereocenters. The smallest absolute Gasteiger partial charge is 0.459 e. The van der Waals surface area contributed by atoms with E-state index in [1.807, 2.05) is 19.1 Å². The molecular weight excluding hydrogens is 724 g/mol. The van der Waals surface area contributed by atoms with Crippen LogP contribution in [0.4, 0.5) is 13.6 Å². The molecule has 4 saturated carbocycles. The van der Waals surface area contributed by atoms with Gasteiger partial charge < -0.3 is 18.9 Å². The fourth-order valence-electron chi connectivity index (χ4n) is 6.69. The van der Waals surface area contributed by atoms with Gasteiger partial charge in [0.15, 0.2) is 6.61 Å². The summed E-state index contributed by atoms with van der Waals surface area (Å²) in [6.45, 7) is 1.77. The second-order valence-electron chi connectivity index (χ2n) is 11.1. The molecule has 6 rings (SSSR count). The van der Waals surface area contributed by atoms with Crippen LogP contribution >= 0.6 is 45.2 Å². The molecule has 4 aliphatic carbocycles. The van der Waals surface area contributed by atoms with Crippen molar-refractivity contribution in [3.63, 3.8) is 0 Å². The number of rotatable bonds is 7. The minimum atomic E-state index is -3.09. The Labute approximate surface area is 247 Å². The SMILES string of the molecule is Cc1cc(I)cc(I)c1Oc1ccc(OC(=O)OC23CC4CC(C2)CC(C(=O)OCC(C)(F)F)(C4)C3)cc1. The fourth-order valence-corrected chi connectivity index (χ4v) is 8.93. The van der Waals surface area contributed by atoms with E-state index >= 15 is 0 Å². The molecule has 204 valence electrons. The Balaban J connectivity index is 1.23. The van der Waals surface area contributed by atoms with E-state index in [9.17, 15) is 18.4 Å². The van der Waals surface area contributed by atoms with Gasteiger partial charge in [-0.3, -0.25) is 4.79 Å². The van der Waals surface area contributed by atoms with E-state index in [0.29, 0.717) is 37.2 Å². The zero-order chi connectivity index (χ0) is 27.3. The lowest BCUT2D eigenvalue weighted by atomic mass is 9.48. The molecular formula is C28H28F2I2O6. The number of hydrogen-bond donors (Lipinski definition) is 0. The van der Waals surface area contributed by atoms with Gasteiger partial charge >= 0.3 is 12.1 Å². The number of esters is 1. The number of carbonyl (C=O) groups is 2. The van der Waals surface area contributed by atoms with E-state index in [0.717, 1.165) is 31.8 Å². The number of carbonyl (C=O) groups excluding carboxylic acids is 2. The third kappa shape index (κ3) is 6.05. The third-order valence-corrected chi connectivity index (χ3v) is 9.06. The van der Waals surface area contributed by atoms with Gasteiger partial charge in [-0.15, -0.1) is 0 Å². The first-order chi connectivity index (χ1) is 17.8. The van der Waals surface area contributed by atoms with Gasteiger partial charge in [-0.25, -0.2) is 13.6 Å². The summed E-state index contributed by atoms with van der Waals surface area (Å²) in [7, 11) is 0. The number of ether oxygens (including phenoxy) is 4. The van der Waals surface area contributed by atoms with Crippen LogP contribution in [0.15, 0.2) is 36.4 Å². The summed E-state index contributed by atoms with van der Waals surface area (Å²) in [5.41, 5.74) is -0.720. The summed E-state index contributed by atoms with van der Waals surface area (Å²) in [5, 5.41) is 0. The van der Waals surface area contributed by atoms with Crippen molar-refractivity contribution >= 4 is 57.3 Å². The van der Waals surface area contributed by atoms with E-state index in [4.69, 9.17) is 18.9 Å². The summed E-state index contributed by atoms with van der Waals surface area (Å²) in [6.07, 6.45) is 2.82. The largest absolute Gasteiger partial charge is 0.514 e. The molecule has 0 N–H and O–H groups in total. The van der Waals surface area contributed by atoms with Crippen LogP contribution in [0.25, 0.3) is 0 Å². The highest BCUT2D eigenvalue weighted by Gasteiger charge is 2.63. The zero-order valence-corrected chi connectivity index (χ0v) is 25.3. The van der Waals surface area contributed by atoms with Crippen LogP contribution in [0.2, 0.25) is 0 Å². The average molecular weight is 752 g/mol. The highest BCUT2D eigenvalue weighted by molar-refractivity contribution is 14.1. The van der Waals surface area contributed by atoms with Gasteiger partial charge in [0.1, 0.15) is 22.8 Å². The Morgan fingerprint density at radius 2 is 1.66 bits per heavy atom. The second kappa shape index (κ2) is 10.4. The zero-order valence-electron chi connectivity index (χ0n) is 21.0. The Morgan fingerprint density at radius 1 is 1.03 bits per heavy atom. The van der Waals surface area contributed by atoms with Gasteiger partial charge in [-0.2, -0.15) is 0 Å². The highest BCUT2D eigenvalue weighted by atomic mass is 127. The van der Waals surface area contributed by atoms with Crippen LogP contribution in [0.1, 0.15) is 51.0 Å². The predicted molar refractivity (Wildman–Crippen MR) is 152 cm³/mol. The van der Waals surface area contributed by atoms with Gasteiger partial charge in [0.25, 0.3) is 5.92 Å². The molecule has 38 heavy (non-hydrogen) atoms. The maximum absolute atomic E-state index is 13.3. The van der Waals surface area contributed by atoms with Crippen molar-refractivity contribution in [1.29, 1.82) is 0 Å². The van der Waals surface area contributed by atoms with Crippen LogP contribution in [0.3, 0.4) is 0 Å². The number of aryl methyl sites for hydroxylation is 1. The summed E-state index contributed by atoms with van der Waals surface area (Å²) < 4.78 is 51.2. The molecule has 0 amide bonds. The van der Waals surface area contributed by atoms with Crippen LogP contribution < -0.4 is 9.47 Å². The summed E-state index contributed by atoms with van der Waals surface area (Å²) in [4.78, 5) is 25.8. The molecule has 6 nitrogen and oxygen atoms in total. The lowest BCUT2D eigenvalue weighted by Crippen LogP contribution is -2.60. The number of benzene rings is 2. The van der Waals surface area contributed by atoms with Crippen LogP contribution in [0.5, 0.6) is 17.2 Å². The molecule has 2 atom stereocenters. The normalized spacial score (nSPS) is 27.6. The molecule has 0 spiro atoms. The molecule has 4 fully saturated rings. The standard InChI is InChI=1S/C28H28F2I2O6/c1-16-7-19(31)9-22(32)23(16)36-20-3-5-21(6-4-20)37-25(34)38-28-12-17-8-18(13-28)11-27(10-17,14-28)24(33)35-15-26(2,29)30/h3-7,9,17-18H,8,10-15H2,1-2H3. The molecule has 0 saturated heterocycles. The van der Waals surface area contributed by atoms with E-state index < -0.39 is 35.7 Å². The van der Waals surface area contributed by atoms with Crippen molar-refractivity contribution in [3.8, 4) is 17.2 Å². The van der Waals surface area contributed by atoms with Crippen LogP contribution in [-0.2, 0) is 14.3 Å². The van der Waals surface area contributed by atoms with Gasteiger partial charge in [0.2, 0.25) is 0 Å². The summed E-state index contributed by atoms with van der Waals surface area (Å²) >= 11 is 4.50. The number of alkyl halides is 2. The number of hydrogen-bond acceptors (Lipinski definition) is 6. The highest BCUT2D eigenvalue weighted by Crippen LogP contribution is 2.63. The van der Waals surface area contributed by atoms with Crippen molar-refractivity contribution in [2.45, 2.75) is 63.9 Å². The molecule has 0 aliphatic heterocycles. The van der Waals surface area contributed by atoms with Gasteiger partial charge in [0.05, 0.1) is 8.99 Å². The molecule has 2 aromatic rings. The van der Waals surface area contributed by atoms with E-state index in [-0.39, 0.29) is 18.3 Å². The molecule has 0 radical (unpaired) electrons. The molecule has 4 bridgehead atoms. The lowest BCUT2D eigenvalue weighted by molar-refractivity contribution is -0.203. The van der Waals surface area contributed by atoms with Crippen LogP contribution in [-0.4, -0.2) is 30.3 Å². The summed E-state index contributed by atoms with van der Waals surface area (Å²) in [5.74, 6) is -1.65. The first-order valence-corrected chi connectivity index (χ1v) is 14.7. The average Bonchev–Trinajstić information content (AvgIpc) is 2.79. The van der Waals surface area contributed by atoms with Gasteiger partial charge in [-0.05, 0) is 138 Å². The Morgan fingerprint density at radius 3 is 2.26 bits per heavy atom. The van der Waals surface area contributed by atoms with E-state index in [1.54, 1.807) is 24.3 Å². The Kier molecular flexibility index (Phi) is 7.60. The van der Waals surface area contributed by atoms with Crippen molar-refractivity contribution in [2.24, 2.45) is 17.3 Å². The first-order valence-electron chi connectivity index (χ1n) is 12.5. The van der Waals surface area contributed by atoms with Crippen molar-refractivity contribution in [2.75, 3.05) is 6.61 Å². The third-order valence-electron chi connectivity index (χ3n) is 7.64. The Hall–Kier alpha value is -1.70. The molecule has 0 heterocycles. The Bertz CT molecular complexity index is 1210. The van der Waals surface area contributed by atoms with Crippen molar-refractivity contribution < 1.29 is 37.3 Å². The molecule has 2 aromatic carbocycles. The molecule has 10 heteroatoms. The second-order valence-corrected chi connectivity index (χ2v) is 13.5. The van der Waals surface area contributed by atoms with E-state index in [2.05, 4.69) is 45.2 Å². The maximum atomic E-state index is 13.3. The molecule has 0 aromatic heterocycles. The summed E-state index contributed by atoms with van der Waals surface area (Å²) in [6, 6.07) is 10.8. The predicted octanol–water partition coefficient (Wildman–Crippen LogP) is 8.05. The van der Waals surface area contributed by atoms with Gasteiger partial charge in [0, 0.05) is 16.9 Å². The minimum absolute atomic E-state index is 0.183. The first kappa shape index (κ1) is 27.9. The van der Waals surface area contributed by atoms with Gasteiger partial charge in [-0.1, -0.05) is 0 Å². The van der Waals surface area contributed by atoms with Crippen molar-refractivity contribution in [1.82, 2.24) is 0 Å². The lowest BCUT2D eigenvalue weighted by Gasteiger charge is -2.59. The van der Waals surface area contributed by atoms with E-state index in [1.165, 1.54) is 0 Å². The number of halogens is 4. The monoisotopic (exact) mass is 752 g/mol. The van der Waals surface area contributed by atoms with Crippen LogP contribution in [0, 0.1) is 31.3 Å². The quantitative estimate of drug-likeness (QED) is 0.162. The maximum Gasteiger partial charge on any atom is 0.514 e. The fraction of sp³-hybridized carbons (Fsp3) is 0.500. The van der Waals surface area contributed by atoms with Crippen molar-refractivity contribution in [3.05, 3.63) is 49.1 Å². The topological polar surface area (TPSA) is 71.1 Å².